The molecule has 4 nitrogen and oxygen atoms in total. The van der Waals surface area contributed by atoms with Gasteiger partial charge in [0.25, 0.3) is 0 Å². The fourth-order valence-electron chi connectivity index (χ4n) is 3.49. The average Bonchev–Trinajstić information content (AvgIpc) is 2.57. The van der Waals surface area contributed by atoms with Gasteiger partial charge in [0, 0.05) is 30.8 Å². The number of ether oxygens (including phenoxy) is 1. The third kappa shape index (κ3) is 4.00. The van der Waals surface area contributed by atoms with Gasteiger partial charge < -0.3 is 15.4 Å². The van der Waals surface area contributed by atoms with E-state index < -0.39 is 5.41 Å². The minimum absolute atomic E-state index is 0. The molecule has 0 bridgehead atoms. The monoisotopic (exact) mass is 358 g/mol. The van der Waals surface area contributed by atoms with E-state index in [2.05, 4.69) is 10.6 Å². The van der Waals surface area contributed by atoms with Crippen LogP contribution in [0.4, 0.5) is 0 Å². The lowest BCUT2D eigenvalue weighted by molar-refractivity contribution is -0.131. The van der Waals surface area contributed by atoms with Crippen LogP contribution in [-0.2, 0) is 14.9 Å². The molecule has 1 amide bonds. The maximum Gasteiger partial charge on any atom is 0.231 e. The first-order valence-electron chi connectivity index (χ1n) is 8.07. The van der Waals surface area contributed by atoms with E-state index in [1.165, 1.54) is 0 Å². The van der Waals surface area contributed by atoms with E-state index >= 15 is 0 Å². The van der Waals surface area contributed by atoms with Gasteiger partial charge >= 0.3 is 0 Å². The van der Waals surface area contributed by atoms with Crippen LogP contribution in [0.25, 0.3) is 0 Å². The Morgan fingerprint density at radius 1 is 1.30 bits per heavy atom. The summed E-state index contributed by atoms with van der Waals surface area (Å²) in [5.41, 5.74) is 0.370. The number of hydrogen-bond donors (Lipinski definition) is 2. The van der Waals surface area contributed by atoms with Gasteiger partial charge in [-0.05, 0) is 43.9 Å². The molecular weight excluding hydrogens is 335 g/mol. The lowest BCUT2D eigenvalue weighted by Crippen LogP contribution is -2.54. The van der Waals surface area contributed by atoms with Crippen LogP contribution in [0.1, 0.15) is 31.2 Å². The van der Waals surface area contributed by atoms with Crippen molar-refractivity contribution >= 4 is 29.9 Å². The second-order valence-corrected chi connectivity index (χ2v) is 6.60. The van der Waals surface area contributed by atoms with Crippen molar-refractivity contribution in [2.45, 2.75) is 37.1 Å². The van der Waals surface area contributed by atoms with E-state index in [1.54, 1.807) is 0 Å². The third-order valence-corrected chi connectivity index (χ3v) is 5.13. The quantitative estimate of drug-likeness (QED) is 0.873. The standard InChI is InChI=1S/C17H23ClN2O2.ClH/c18-15-6-2-1-5-14(15)17(7-10-22-11-8-17)16(21)20-13-4-3-9-19-12-13;/h1-2,5-6,13,19H,3-4,7-12H2,(H,20,21);1H. The molecule has 2 aliphatic rings. The van der Waals surface area contributed by atoms with Crippen molar-refractivity contribution in [3.63, 3.8) is 0 Å². The molecule has 0 aliphatic carbocycles. The number of nitrogens with one attached hydrogen (secondary N) is 2. The van der Waals surface area contributed by atoms with E-state index in [4.69, 9.17) is 16.3 Å². The highest BCUT2D eigenvalue weighted by Gasteiger charge is 2.43. The van der Waals surface area contributed by atoms with Crippen molar-refractivity contribution < 1.29 is 9.53 Å². The zero-order valence-electron chi connectivity index (χ0n) is 13.1. The van der Waals surface area contributed by atoms with Gasteiger partial charge in [0.2, 0.25) is 5.91 Å². The van der Waals surface area contributed by atoms with Crippen LogP contribution in [0.2, 0.25) is 5.02 Å². The SMILES string of the molecule is Cl.O=C(NC1CCCNC1)C1(c2ccccc2Cl)CCOCC1. The normalized spacial score (nSPS) is 23.6. The summed E-state index contributed by atoms with van der Waals surface area (Å²) in [7, 11) is 0. The van der Waals surface area contributed by atoms with E-state index in [1.807, 2.05) is 24.3 Å². The van der Waals surface area contributed by atoms with Gasteiger partial charge in [0.1, 0.15) is 0 Å². The fourth-order valence-corrected chi connectivity index (χ4v) is 3.80. The molecule has 2 aliphatic heterocycles. The van der Waals surface area contributed by atoms with Gasteiger partial charge in [-0.25, -0.2) is 0 Å². The van der Waals surface area contributed by atoms with Crippen molar-refractivity contribution in [1.29, 1.82) is 0 Å². The zero-order chi connectivity index (χ0) is 15.4. The Bertz CT molecular complexity index is 527. The minimum Gasteiger partial charge on any atom is -0.381 e. The van der Waals surface area contributed by atoms with Crippen LogP contribution in [0.5, 0.6) is 0 Å². The van der Waals surface area contributed by atoms with Crippen LogP contribution in [0.3, 0.4) is 0 Å². The van der Waals surface area contributed by atoms with Crippen LogP contribution in [0, 0.1) is 0 Å². The van der Waals surface area contributed by atoms with Gasteiger partial charge in [0.05, 0.1) is 5.41 Å². The van der Waals surface area contributed by atoms with E-state index in [0.717, 1.165) is 31.5 Å². The highest BCUT2D eigenvalue weighted by atomic mass is 35.5. The summed E-state index contributed by atoms with van der Waals surface area (Å²) < 4.78 is 5.49. The topological polar surface area (TPSA) is 50.4 Å². The van der Waals surface area contributed by atoms with Gasteiger partial charge in [0.15, 0.2) is 0 Å². The summed E-state index contributed by atoms with van der Waals surface area (Å²) in [6, 6.07) is 7.91. The molecule has 23 heavy (non-hydrogen) atoms. The summed E-state index contributed by atoms with van der Waals surface area (Å²) in [5.74, 6) is 0.0950. The summed E-state index contributed by atoms with van der Waals surface area (Å²) in [6.07, 6.45) is 3.51. The number of benzene rings is 1. The minimum atomic E-state index is -0.561. The largest absolute Gasteiger partial charge is 0.381 e. The molecule has 1 aromatic carbocycles. The van der Waals surface area contributed by atoms with Gasteiger partial charge in [-0.2, -0.15) is 0 Å². The highest BCUT2D eigenvalue weighted by molar-refractivity contribution is 6.31. The smallest absolute Gasteiger partial charge is 0.231 e. The van der Waals surface area contributed by atoms with E-state index in [9.17, 15) is 4.79 Å². The molecule has 3 rings (SSSR count). The molecular formula is C17H24Cl2N2O2. The van der Waals surface area contributed by atoms with Crippen molar-refractivity contribution in [3.8, 4) is 0 Å². The number of carbonyl (C=O) groups excluding carboxylic acids is 1. The first kappa shape index (κ1) is 18.5. The van der Waals surface area contributed by atoms with Gasteiger partial charge in [-0.1, -0.05) is 29.8 Å². The molecule has 0 aromatic heterocycles. The summed E-state index contributed by atoms with van der Waals surface area (Å²) in [4.78, 5) is 13.1. The zero-order valence-corrected chi connectivity index (χ0v) is 14.7. The van der Waals surface area contributed by atoms with Crippen molar-refractivity contribution in [3.05, 3.63) is 34.9 Å². The molecule has 128 valence electrons. The Hall–Kier alpha value is -0.810. The van der Waals surface area contributed by atoms with E-state index in [0.29, 0.717) is 31.1 Å². The number of carbonyl (C=O) groups is 1. The Morgan fingerprint density at radius 2 is 2.04 bits per heavy atom. The lowest BCUT2D eigenvalue weighted by atomic mass is 9.73. The van der Waals surface area contributed by atoms with Crippen LogP contribution < -0.4 is 10.6 Å². The number of halogens is 2. The molecule has 1 atom stereocenters. The average molecular weight is 359 g/mol. The summed E-state index contributed by atoms with van der Waals surface area (Å²) in [5, 5.41) is 7.25. The number of rotatable bonds is 3. The van der Waals surface area contributed by atoms with Gasteiger partial charge in [-0.3, -0.25) is 4.79 Å². The first-order chi connectivity index (χ1) is 10.7. The Balaban J connectivity index is 0.00000192. The molecule has 2 heterocycles. The second-order valence-electron chi connectivity index (χ2n) is 6.19. The molecule has 0 spiro atoms. The molecule has 0 radical (unpaired) electrons. The van der Waals surface area contributed by atoms with Crippen LogP contribution >= 0.6 is 24.0 Å². The number of piperidine rings is 1. The molecule has 0 saturated carbocycles. The third-order valence-electron chi connectivity index (χ3n) is 4.80. The van der Waals surface area contributed by atoms with Crippen molar-refractivity contribution in [2.24, 2.45) is 0 Å². The highest BCUT2D eigenvalue weighted by Crippen LogP contribution is 2.39. The first-order valence-corrected chi connectivity index (χ1v) is 8.45. The number of amides is 1. The predicted molar refractivity (Wildman–Crippen MR) is 94.5 cm³/mol. The molecule has 2 saturated heterocycles. The second kappa shape index (κ2) is 8.34. The molecule has 2 fully saturated rings. The maximum atomic E-state index is 13.1. The molecule has 2 N–H and O–H groups in total. The Morgan fingerprint density at radius 3 is 2.70 bits per heavy atom. The molecule has 1 unspecified atom stereocenters. The Kier molecular flexibility index (Phi) is 6.72. The lowest BCUT2D eigenvalue weighted by Gasteiger charge is -2.38. The fraction of sp³-hybridized carbons (Fsp3) is 0.588. The van der Waals surface area contributed by atoms with Gasteiger partial charge in [-0.15, -0.1) is 12.4 Å². The molecule has 1 aromatic rings. The summed E-state index contributed by atoms with van der Waals surface area (Å²) in [6.45, 7) is 3.08. The maximum absolute atomic E-state index is 13.1. The predicted octanol–water partition coefficient (Wildman–Crippen LogP) is 2.68. The number of hydrogen-bond acceptors (Lipinski definition) is 3. The van der Waals surface area contributed by atoms with Crippen LogP contribution in [0.15, 0.2) is 24.3 Å². The Labute approximate surface area is 148 Å². The van der Waals surface area contributed by atoms with Crippen molar-refractivity contribution in [1.82, 2.24) is 10.6 Å². The van der Waals surface area contributed by atoms with E-state index in [-0.39, 0.29) is 24.4 Å². The molecule has 6 heteroatoms. The summed E-state index contributed by atoms with van der Waals surface area (Å²) >= 11 is 6.40. The van der Waals surface area contributed by atoms with Crippen LogP contribution in [-0.4, -0.2) is 38.3 Å². The van der Waals surface area contributed by atoms with Crippen molar-refractivity contribution in [2.75, 3.05) is 26.3 Å².